The van der Waals surface area contributed by atoms with Gasteiger partial charge in [-0.3, -0.25) is 19.3 Å². The van der Waals surface area contributed by atoms with E-state index in [2.05, 4.69) is 5.32 Å². The fourth-order valence-corrected chi connectivity index (χ4v) is 5.08. The maximum Gasteiger partial charge on any atom is 0.294 e. The van der Waals surface area contributed by atoms with Crippen molar-refractivity contribution in [3.63, 3.8) is 0 Å². The van der Waals surface area contributed by atoms with Crippen LogP contribution in [0.2, 0.25) is 15.1 Å². The minimum Gasteiger partial charge on any atom is -0.490 e. The third-order valence-electron chi connectivity index (χ3n) is 5.59. The summed E-state index contributed by atoms with van der Waals surface area (Å²) in [6.45, 7) is 3.85. The molecule has 0 bridgehead atoms. The number of hydrogen-bond donors (Lipinski definition) is 1. The van der Waals surface area contributed by atoms with Crippen LogP contribution in [-0.4, -0.2) is 35.1 Å². The Morgan fingerprint density at radius 2 is 1.77 bits per heavy atom. The van der Waals surface area contributed by atoms with E-state index < -0.39 is 23.6 Å². The molecule has 1 heterocycles. The van der Waals surface area contributed by atoms with Crippen LogP contribution in [0.4, 0.5) is 10.5 Å². The van der Waals surface area contributed by atoms with Crippen molar-refractivity contribution in [1.82, 2.24) is 4.90 Å². The van der Waals surface area contributed by atoms with Crippen molar-refractivity contribution in [3.05, 3.63) is 91.3 Å². The van der Waals surface area contributed by atoms with Crippen molar-refractivity contribution in [1.29, 1.82) is 0 Å². The van der Waals surface area contributed by atoms with Gasteiger partial charge in [0, 0.05) is 26.3 Å². The number of amides is 3. The number of carbonyl (C=O) groups is 3. The third kappa shape index (κ3) is 7.28. The molecule has 4 rings (SSSR count). The van der Waals surface area contributed by atoms with Gasteiger partial charge in [0.15, 0.2) is 11.5 Å². The molecule has 0 spiro atoms. The second-order valence-electron chi connectivity index (χ2n) is 8.44. The highest BCUT2D eigenvalue weighted by Crippen LogP contribution is 2.35. The number of halogens is 3. The summed E-state index contributed by atoms with van der Waals surface area (Å²) in [5.41, 5.74) is 2.72. The number of ether oxygens (including phenoxy) is 2. The first-order chi connectivity index (χ1) is 18.6. The Balaban J connectivity index is 1.45. The van der Waals surface area contributed by atoms with Gasteiger partial charge in [0.25, 0.3) is 11.1 Å². The minimum absolute atomic E-state index is 0.190. The Morgan fingerprint density at radius 3 is 2.49 bits per heavy atom. The van der Waals surface area contributed by atoms with Gasteiger partial charge in [0.05, 0.1) is 11.5 Å². The van der Waals surface area contributed by atoms with Crippen LogP contribution in [-0.2, 0) is 16.2 Å². The summed E-state index contributed by atoms with van der Waals surface area (Å²) in [5.74, 6) is -0.121. The van der Waals surface area contributed by atoms with E-state index in [1.807, 2.05) is 13.8 Å². The first-order valence-electron chi connectivity index (χ1n) is 11.8. The number of rotatable bonds is 9. The van der Waals surface area contributed by atoms with E-state index in [1.165, 1.54) is 0 Å². The van der Waals surface area contributed by atoms with E-state index in [0.29, 0.717) is 44.4 Å². The first-order valence-corrected chi connectivity index (χ1v) is 13.7. The van der Waals surface area contributed by atoms with Gasteiger partial charge in [-0.15, -0.1) is 0 Å². The summed E-state index contributed by atoms with van der Waals surface area (Å²) in [6, 6.07) is 15.4. The summed E-state index contributed by atoms with van der Waals surface area (Å²) in [4.78, 5) is 39.1. The van der Waals surface area contributed by atoms with Gasteiger partial charge in [0.2, 0.25) is 5.91 Å². The average molecular weight is 606 g/mol. The topological polar surface area (TPSA) is 84.9 Å². The van der Waals surface area contributed by atoms with Crippen molar-refractivity contribution >= 4 is 75.4 Å². The molecule has 202 valence electrons. The van der Waals surface area contributed by atoms with E-state index in [1.54, 1.807) is 60.7 Å². The predicted molar refractivity (Wildman–Crippen MR) is 156 cm³/mol. The maximum absolute atomic E-state index is 12.9. The number of aryl methyl sites for hydroxylation is 1. The highest BCUT2D eigenvalue weighted by Gasteiger charge is 2.36. The van der Waals surface area contributed by atoms with E-state index in [4.69, 9.17) is 44.3 Å². The first kappa shape index (κ1) is 28.8. The van der Waals surface area contributed by atoms with E-state index in [-0.39, 0.29) is 11.5 Å². The van der Waals surface area contributed by atoms with Crippen LogP contribution >= 0.6 is 46.6 Å². The zero-order valence-corrected chi connectivity index (χ0v) is 24.0. The lowest BCUT2D eigenvalue weighted by molar-refractivity contribution is -0.127. The van der Waals surface area contributed by atoms with Crippen LogP contribution < -0.4 is 14.8 Å². The Kier molecular flexibility index (Phi) is 9.45. The molecule has 7 nitrogen and oxygen atoms in total. The summed E-state index contributed by atoms with van der Waals surface area (Å²) in [6.07, 6.45) is 1.57. The Bertz CT molecular complexity index is 1480. The normalized spacial score (nSPS) is 14.2. The Morgan fingerprint density at radius 1 is 0.974 bits per heavy atom. The monoisotopic (exact) mass is 604 g/mol. The number of imide groups is 1. The largest absolute Gasteiger partial charge is 0.490 e. The van der Waals surface area contributed by atoms with Gasteiger partial charge in [-0.2, -0.15) is 0 Å². The van der Waals surface area contributed by atoms with Gasteiger partial charge in [0.1, 0.15) is 13.2 Å². The summed E-state index contributed by atoms with van der Waals surface area (Å²) >= 11 is 19.1. The van der Waals surface area contributed by atoms with Crippen molar-refractivity contribution in [2.75, 3.05) is 18.5 Å². The van der Waals surface area contributed by atoms with Crippen LogP contribution in [0.15, 0.2) is 59.5 Å². The summed E-state index contributed by atoms with van der Waals surface area (Å²) in [5, 5.41) is 3.64. The molecule has 0 unspecified atom stereocenters. The van der Waals surface area contributed by atoms with Crippen molar-refractivity contribution in [3.8, 4) is 11.5 Å². The number of anilines is 1. The molecule has 11 heteroatoms. The van der Waals surface area contributed by atoms with E-state index >= 15 is 0 Å². The second-order valence-corrected chi connectivity index (χ2v) is 10.7. The SMILES string of the molecule is CCOc1cc(/C=C2/SC(=O)N(CC(=O)Nc3ccc(C)c(Cl)c3)C2=O)ccc1OCc1ccc(Cl)cc1Cl. The second kappa shape index (κ2) is 12.8. The molecule has 3 amide bonds. The zero-order valence-electron chi connectivity index (χ0n) is 20.9. The number of hydrogen-bond acceptors (Lipinski definition) is 6. The van der Waals surface area contributed by atoms with Crippen LogP contribution in [0.1, 0.15) is 23.6 Å². The van der Waals surface area contributed by atoms with Crippen LogP contribution in [0.5, 0.6) is 11.5 Å². The molecule has 0 atom stereocenters. The van der Waals surface area contributed by atoms with Gasteiger partial charge < -0.3 is 14.8 Å². The number of carbonyl (C=O) groups excluding carboxylic acids is 3. The maximum atomic E-state index is 12.9. The Labute approximate surface area is 245 Å². The van der Waals surface area contributed by atoms with E-state index in [0.717, 1.165) is 27.8 Å². The molecule has 0 aromatic heterocycles. The highest BCUT2D eigenvalue weighted by atomic mass is 35.5. The quantitative estimate of drug-likeness (QED) is 0.253. The predicted octanol–water partition coefficient (Wildman–Crippen LogP) is 7.61. The van der Waals surface area contributed by atoms with Gasteiger partial charge >= 0.3 is 0 Å². The number of thioether (sulfide) groups is 1. The van der Waals surface area contributed by atoms with Crippen molar-refractivity contribution < 1.29 is 23.9 Å². The summed E-state index contributed by atoms with van der Waals surface area (Å²) < 4.78 is 11.7. The molecular weight excluding hydrogens is 583 g/mol. The van der Waals surface area contributed by atoms with Gasteiger partial charge in [-0.05, 0) is 79.2 Å². The molecule has 1 fully saturated rings. The van der Waals surface area contributed by atoms with Crippen LogP contribution in [0, 0.1) is 6.92 Å². The minimum atomic E-state index is -0.558. The lowest BCUT2D eigenvalue weighted by Crippen LogP contribution is -2.36. The summed E-state index contributed by atoms with van der Waals surface area (Å²) in [7, 11) is 0. The molecule has 0 radical (unpaired) electrons. The lowest BCUT2D eigenvalue weighted by atomic mass is 10.1. The molecule has 1 saturated heterocycles. The van der Waals surface area contributed by atoms with E-state index in [9.17, 15) is 14.4 Å². The number of nitrogens with one attached hydrogen (secondary N) is 1. The van der Waals surface area contributed by atoms with Crippen molar-refractivity contribution in [2.24, 2.45) is 0 Å². The van der Waals surface area contributed by atoms with Crippen LogP contribution in [0.3, 0.4) is 0 Å². The molecule has 1 aliphatic rings. The third-order valence-corrected chi connectivity index (χ3v) is 7.50. The number of nitrogens with zero attached hydrogens (tertiary/aromatic N) is 1. The highest BCUT2D eigenvalue weighted by molar-refractivity contribution is 8.18. The van der Waals surface area contributed by atoms with Crippen molar-refractivity contribution in [2.45, 2.75) is 20.5 Å². The number of benzene rings is 3. The fraction of sp³-hybridized carbons (Fsp3) is 0.179. The lowest BCUT2D eigenvalue weighted by Gasteiger charge is -2.14. The standard InChI is InChI=1S/C28H23Cl3N2O5S/c1-3-37-24-10-17(5-9-23(24)38-15-18-6-7-19(29)12-22(18)31)11-25-27(35)33(28(36)39-25)14-26(34)32-20-8-4-16(2)21(30)13-20/h4-13H,3,14-15H2,1-2H3,(H,32,34)/b25-11+. The van der Waals surface area contributed by atoms with Gasteiger partial charge in [-0.1, -0.05) is 53.0 Å². The fourth-order valence-electron chi connectivity index (χ4n) is 3.60. The Hall–Kier alpha value is -3.17. The molecule has 0 aliphatic carbocycles. The molecular formula is C28H23Cl3N2O5S. The smallest absolute Gasteiger partial charge is 0.294 e. The zero-order chi connectivity index (χ0) is 28.1. The average Bonchev–Trinajstić information content (AvgIpc) is 3.14. The molecule has 39 heavy (non-hydrogen) atoms. The molecule has 0 saturated carbocycles. The van der Waals surface area contributed by atoms with Crippen LogP contribution in [0.25, 0.3) is 6.08 Å². The molecule has 1 N–H and O–H groups in total. The molecule has 3 aromatic carbocycles. The van der Waals surface area contributed by atoms with Gasteiger partial charge in [-0.25, -0.2) is 0 Å². The molecule has 1 aliphatic heterocycles. The molecule has 3 aromatic rings.